The van der Waals surface area contributed by atoms with Crippen LogP contribution in [0.4, 0.5) is 0 Å². The van der Waals surface area contributed by atoms with Gasteiger partial charge in [-0.3, -0.25) is 4.79 Å². The summed E-state index contributed by atoms with van der Waals surface area (Å²) in [6.07, 6.45) is -0.708. The first-order valence-corrected chi connectivity index (χ1v) is 8.14. The van der Waals surface area contributed by atoms with Crippen LogP contribution in [0.5, 0.6) is 0 Å². The normalized spacial score (nSPS) is 13.7. The number of halogens is 1. The zero-order chi connectivity index (χ0) is 17.3. The van der Waals surface area contributed by atoms with Crippen molar-refractivity contribution in [1.29, 1.82) is 0 Å². The van der Waals surface area contributed by atoms with Gasteiger partial charge >= 0.3 is 0 Å². The molecule has 5 heteroatoms. The van der Waals surface area contributed by atoms with Gasteiger partial charge < -0.3 is 15.0 Å². The smallest absolute Gasteiger partial charge is 0.268 e. The number of carbonyl (C=O) groups is 1. The van der Waals surface area contributed by atoms with E-state index in [0.29, 0.717) is 10.7 Å². The number of aliphatic hydroxyl groups excluding tert-OH is 1. The number of rotatable bonds is 4. The van der Waals surface area contributed by atoms with Crippen molar-refractivity contribution < 1.29 is 9.90 Å². The van der Waals surface area contributed by atoms with Crippen LogP contribution < -0.4 is 5.32 Å². The van der Waals surface area contributed by atoms with Gasteiger partial charge in [0.05, 0.1) is 12.1 Å². The van der Waals surface area contributed by atoms with Gasteiger partial charge in [0.25, 0.3) is 5.91 Å². The first kappa shape index (κ1) is 16.6. The Morgan fingerprint density at radius 1 is 1.17 bits per heavy atom. The average molecular weight is 343 g/mol. The fraction of sp³-hybridized carbons (Fsp3) is 0.211. The van der Waals surface area contributed by atoms with E-state index < -0.39 is 12.1 Å². The molecule has 3 rings (SSSR count). The van der Waals surface area contributed by atoms with E-state index >= 15 is 0 Å². The monoisotopic (exact) mass is 342 g/mol. The van der Waals surface area contributed by atoms with E-state index in [1.165, 1.54) is 0 Å². The molecule has 124 valence electrons. The van der Waals surface area contributed by atoms with Gasteiger partial charge in [-0.05, 0) is 36.8 Å². The molecule has 0 radical (unpaired) electrons. The Labute approximate surface area is 145 Å². The van der Waals surface area contributed by atoms with Crippen LogP contribution in [0, 0.1) is 0 Å². The first-order chi connectivity index (χ1) is 11.5. The highest BCUT2D eigenvalue weighted by molar-refractivity contribution is 6.31. The lowest BCUT2D eigenvalue weighted by Gasteiger charge is -2.22. The lowest BCUT2D eigenvalue weighted by Crippen LogP contribution is -2.35. The van der Waals surface area contributed by atoms with Crippen LogP contribution in [-0.4, -0.2) is 21.7 Å². The second-order valence-electron chi connectivity index (χ2n) is 5.89. The van der Waals surface area contributed by atoms with Crippen molar-refractivity contribution in [3.63, 3.8) is 0 Å². The van der Waals surface area contributed by atoms with Crippen LogP contribution in [0.3, 0.4) is 0 Å². The number of nitrogens with one attached hydrogen (secondary N) is 1. The fourth-order valence-electron chi connectivity index (χ4n) is 2.90. The summed E-state index contributed by atoms with van der Waals surface area (Å²) in [7, 11) is 1.84. The molecule has 2 N–H and O–H groups in total. The fourth-order valence-corrected chi connectivity index (χ4v) is 3.08. The van der Waals surface area contributed by atoms with Crippen LogP contribution in [0.1, 0.15) is 29.0 Å². The van der Waals surface area contributed by atoms with E-state index in [1.807, 2.05) is 54.1 Å². The van der Waals surface area contributed by atoms with E-state index in [1.54, 1.807) is 19.1 Å². The Kier molecular flexibility index (Phi) is 4.60. The molecule has 4 nitrogen and oxygen atoms in total. The lowest BCUT2D eigenvalue weighted by molar-refractivity contribution is 0.0851. The Morgan fingerprint density at radius 3 is 2.54 bits per heavy atom. The minimum Gasteiger partial charge on any atom is -0.391 e. The van der Waals surface area contributed by atoms with Gasteiger partial charge in [0.2, 0.25) is 0 Å². The van der Waals surface area contributed by atoms with Crippen LogP contribution in [0.25, 0.3) is 10.9 Å². The molecular weight excluding hydrogens is 324 g/mol. The molecule has 1 heterocycles. The van der Waals surface area contributed by atoms with Crippen molar-refractivity contribution >= 4 is 28.4 Å². The number of aryl methyl sites for hydroxylation is 1. The zero-order valence-corrected chi connectivity index (χ0v) is 14.3. The average Bonchev–Trinajstić information content (AvgIpc) is 2.89. The molecule has 0 unspecified atom stereocenters. The number of amides is 1. The molecule has 2 aromatic carbocycles. The molecule has 1 amide bonds. The van der Waals surface area contributed by atoms with Crippen LogP contribution in [-0.2, 0) is 7.05 Å². The quantitative estimate of drug-likeness (QED) is 0.760. The van der Waals surface area contributed by atoms with E-state index in [4.69, 9.17) is 11.6 Å². The summed E-state index contributed by atoms with van der Waals surface area (Å²) in [5.41, 5.74) is 2.31. The molecule has 0 saturated heterocycles. The predicted octanol–water partition coefficient (Wildman–Crippen LogP) is 3.68. The number of fused-ring (bicyclic) bond motifs is 1. The molecule has 0 aliphatic rings. The zero-order valence-electron chi connectivity index (χ0n) is 13.5. The van der Waals surface area contributed by atoms with Crippen molar-refractivity contribution in [2.75, 3.05) is 0 Å². The van der Waals surface area contributed by atoms with Crippen molar-refractivity contribution in [3.05, 3.63) is 70.9 Å². The van der Waals surface area contributed by atoms with E-state index in [9.17, 15) is 9.90 Å². The van der Waals surface area contributed by atoms with Crippen LogP contribution >= 0.6 is 11.6 Å². The summed E-state index contributed by atoms with van der Waals surface area (Å²) >= 11 is 6.02. The second-order valence-corrected chi connectivity index (χ2v) is 6.33. The summed E-state index contributed by atoms with van der Waals surface area (Å²) in [5.74, 6) is -0.237. The van der Waals surface area contributed by atoms with E-state index in [0.717, 1.165) is 16.5 Å². The van der Waals surface area contributed by atoms with E-state index in [2.05, 4.69) is 5.32 Å². The van der Waals surface area contributed by atoms with Gasteiger partial charge in [-0.25, -0.2) is 0 Å². The van der Waals surface area contributed by atoms with Crippen LogP contribution in [0.2, 0.25) is 5.02 Å². The Bertz CT molecular complexity index is 872. The van der Waals surface area contributed by atoms with E-state index in [-0.39, 0.29) is 5.91 Å². The van der Waals surface area contributed by atoms with Gasteiger partial charge in [0.15, 0.2) is 0 Å². The number of carbonyl (C=O) groups excluding carboxylic acids is 1. The minimum atomic E-state index is -0.708. The predicted molar refractivity (Wildman–Crippen MR) is 96.3 cm³/mol. The highest BCUT2D eigenvalue weighted by atomic mass is 35.5. The summed E-state index contributed by atoms with van der Waals surface area (Å²) in [6.45, 7) is 1.67. The highest BCUT2D eigenvalue weighted by Crippen LogP contribution is 2.24. The van der Waals surface area contributed by atoms with Crippen molar-refractivity contribution in [2.24, 2.45) is 7.05 Å². The van der Waals surface area contributed by atoms with Crippen molar-refractivity contribution in [3.8, 4) is 0 Å². The highest BCUT2D eigenvalue weighted by Gasteiger charge is 2.22. The standard InChI is InChI=1S/C19H19ClN2O2/c1-12(23)18(13-6-4-3-5-7-13)21-19(24)17-11-14-10-15(20)8-9-16(14)22(17)2/h3-12,18,23H,1-2H3,(H,21,24)/t12-,18-/m1/s1. The maximum Gasteiger partial charge on any atom is 0.268 e. The molecule has 0 spiro atoms. The Morgan fingerprint density at radius 2 is 1.88 bits per heavy atom. The molecule has 1 aromatic heterocycles. The number of nitrogens with zero attached hydrogens (tertiary/aromatic N) is 1. The molecule has 2 atom stereocenters. The van der Waals surface area contributed by atoms with Crippen LogP contribution in [0.15, 0.2) is 54.6 Å². The molecule has 0 bridgehead atoms. The largest absolute Gasteiger partial charge is 0.391 e. The molecule has 3 aromatic rings. The van der Waals surface area contributed by atoms with Gasteiger partial charge in [0.1, 0.15) is 5.69 Å². The SMILES string of the molecule is C[C@@H](O)[C@@H](NC(=O)c1cc2cc(Cl)ccc2n1C)c1ccccc1. The first-order valence-electron chi connectivity index (χ1n) is 7.76. The second kappa shape index (κ2) is 6.67. The van der Waals surface area contributed by atoms with Gasteiger partial charge in [0, 0.05) is 23.0 Å². The molecule has 0 aliphatic heterocycles. The summed E-state index contributed by atoms with van der Waals surface area (Å²) in [4.78, 5) is 12.7. The third kappa shape index (κ3) is 3.16. The maximum absolute atomic E-state index is 12.7. The summed E-state index contributed by atoms with van der Waals surface area (Å²) < 4.78 is 1.82. The topological polar surface area (TPSA) is 54.3 Å². The van der Waals surface area contributed by atoms with Gasteiger partial charge in [-0.1, -0.05) is 41.9 Å². The number of aromatic nitrogens is 1. The number of benzene rings is 2. The third-order valence-electron chi connectivity index (χ3n) is 4.16. The number of hydrogen-bond donors (Lipinski definition) is 2. The summed E-state index contributed by atoms with van der Waals surface area (Å²) in [6, 6.07) is 16.3. The van der Waals surface area contributed by atoms with Crippen molar-refractivity contribution in [1.82, 2.24) is 9.88 Å². The molecule has 0 saturated carbocycles. The van der Waals surface area contributed by atoms with Crippen molar-refractivity contribution in [2.45, 2.75) is 19.1 Å². The molecule has 24 heavy (non-hydrogen) atoms. The van der Waals surface area contributed by atoms with Gasteiger partial charge in [-0.2, -0.15) is 0 Å². The Balaban J connectivity index is 1.92. The minimum absolute atomic E-state index is 0.237. The number of aliphatic hydroxyl groups is 1. The lowest BCUT2D eigenvalue weighted by atomic mass is 10.0. The maximum atomic E-state index is 12.7. The molecule has 0 fully saturated rings. The summed E-state index contributed by atoms with van der Waals surface area (Å²) in [5, 5.41) is 14.5. The molecule has 0 aliphatic carbocycles. The molecular formula is C19H19ClN2O2. The third-order valence-corrected chi connectivity index (χ3v) is 4.40. The Hall–Kier alpha value is -2.30. The van der Waals surface area contributed by atoms with Gasteiger partial charge in [-0.15, -0.1) is 0 Å². The number of hydrogen-bond acceptors (Lipinski definition) is 2.